The Kier molecular flexibility index (Phi) is 9.72. The summed E-state index contributed by atoms with van der Waals surface area (Å²) in [7, 11) is 0. The van der Waals surface area contributed by atoms with Gasteiger partial charge in [0.1, 0.15) is 6.10 Å². The van der Waals surface area contributed by atoms with E-state index in [0.717, 1.165) is 38.0 Å². The minimum Gasteiger partial charge on any atom is -0.386 e. The van der Waals surface area contributed by atoms with Crippen molar-refractivity contribution in [1.29, 1.82) is 0 Å². The van der Waals surface area contributed by atoms with Crippen LogP contribution in [0.25, 0.3) is 0 Å². The second kappa shape index (κ2) is 12.1. The largest absolute Gasteiger partial charge is 0.386 e. The molecule has 1 aromatic carbocycles. The lowest BCUT2D eigenvalue weighted by molar-refractivity contribution is -0.123. The third-order valence-electron chi connectivity index (χ3n) is 5.28. The second-order valence-electron chi connectivity index (χ2n) is 7.56. The zero-order chi connectivity index (χ0) is 18.6. The van der Waals surface area contributed by atoms with Crippen molar-refractivity contribution >= 4 is 5.91 Å². The zero-order valence-electron chi connectivity index (χ0n) is 16.3. The molecular formula is C22H36N2O2. The molecular weight excluding hydrogens is 324 g/mol. The van der Waals surface area contributed by atoms with E-state index in [2.05, 4.69) is 17.1 Å². The molecule has 0 saturated carbocycles. The molecule has 1 fully saturated rings. The molecule has 2 unspecified atom stereocenters. The first kappa shape index (κ1) is 20.9. The number of hydrogen-bond acceptors (Lipinski definition) is 3. The Bertz CT molecular complexity index is 500. The van der Waals surface area contributed by atoms with Crippen molar-refractivity contribution in [3.63, 3.8) is 0 Å². The van der Waals surface area contributed by atoms with Crippen molar-refractivity contribution < 1.29 is 9.90 Å². The number of likely N-dealkylation sites (tertiary alicyclic amines) is 1. The van der Waals surface area contributed by atoms with Gasteiger partial charge in [0.05, 0.1) is 6.04 Å². The summed E-state index contributed by atoms with van der Waals surface area (Å²) < 4.78 is 0. The van der Waals surface area contributed by atoms with Crippen molar-refractivity contribution in [1.82, 2.24) is 10.2 Å². The van der Waals surface area contributed by atoms with Crippen LogP contribution < -0.4 is 5.32 Å². The molecule has 4 heteroatoms. The molecule has 0 spiro atoms. The third-order valence-corrected chi connectivity index (χ3v) is 5.28. The standard InChI is InChI=1S/C22H36N2O2/c1-2-3-4-5-6-10-15-21(25)23-20(18-24-16-11-12-17-24)22(26)19-13-8-7-9-14-19/h7-9,13-14,20,22,26H,2-6,10-12,15-18H2,1H3,(H,23,25). The molecule has 0 aliphatic carbocycles. The van der Waals surface area contributed by atoms with Crippen molar-refractivity contribution in [3.8, 4) is 0 Å². The van der Waals surface area contributed by atoms with E-state index in [9.17, 15) is 9.90 Å². The highest BCUT2D eigenvalue weighted by Gasteiger charge is 2.26. The smallest absolute Gasteiger partial charge is 0.220 e. The van der Waals surface area contributed by atoms with E-state index in [1.54, 1.807) is 0 Å². The Morgan fingerprint density at radius 1 is 1.08 bits per heavy atom. The molecule has 2 atom stereocenters. The minimum atomic E-state index is -0.662. The van der Waals surface area contributed by atoms with Crippen molar-refractivity contribution in [2.75, 3.05) is 19.6 Å². The fraction of sp³-hybridized carbons (Fsp3) is 0.682. The molecule has 1 heterocycles. The summed E-state index contributed by atoms with van der Waals surface area (Å²) >= 11 is 0. The molecule has 1 aliphatic heterocycles. The number of carbonyl (C=O) groups excluding carboxylic acids is 1. The molecule has 0 radical (unpaired) electrons. The van der Waals surface area contributed by atoms with Gasteiger partial charge in [-0.1, -0.05) is 69.4 Å². The fourth-order valence-corrected chi connectivity index (χ4v) is 3.70. The van der Waals surface area contributed by atoms with Crippen LogP contribution in [0.15, 0.2) is 30.3 Å². The summed E-state index contributed by atoms with van der Waals surface area (Å²) in [4.78, 5) is 14.8. The Morgan fingerprint density at radius 2 is 1.73 bits per heavy atom. The average Bonchev–Trinajstić information content (AvgIpc) is 3.17. The lowest BCUT2D eigenvalue weighted by Gasteiger charge is -2.28. The molecule has 2 rings (SSSR count). The topological polar surface area (TPSA) is 52.6 Å². The predicted molar refractivity (Wildman–Crippen MR) is 107 cm³/mol. The SMILES string of the molecule is CCCCCCCCC(=O)NC(CN1CCCC1)C(O)c1ccccc1. The molecule has 26 heavy (non-hydrogen) atoms. The molecule has 0 aromatic heterocycles. The van der Waals surface area contributed by atoms with Gasteiger partial charge in [0.2, 0.25) is 5.91 Å². The van der Waals surface area contributed by atoms with E-state index in [0.29, 0.717) is 6.42 Å². The zero-order valence-corrected chi connectivity index (χ0v) is 16.3. The van der Waals surface area contributed by atoms with Crippen LogP contribution in [0.5, 0.6) is 0 Å². The van der Waals surface area contributed by atoms with Gasteiger partial charge in [0, 0.05) is 13.0 Å². The van der Waals surface area contributed by atoms with Gasteiger partial charge in [-0.3, -0.25) is 4.79 Å². The number of benzene rings is 1. The van der Waals surface area contributed by atoms with Gasteiger partial charge < -0.3 is 15.3 Å². The highest BCUT2D eigenvalue weighted by atomic mass is 16.3. The maximum atomic E-state index is 12.4. The molecule has 1 saturated heterocycles. The van der Waals surface area contributed by atoms with Crippen LogP contribution in [-0.2, 0) is 4.79 Å². The van der Waals surface area contributed by atoms with Gasteiger partial charge in [-0.15, -0.1) is 0 Å². The van der Waals surface area contributed by atoms with E-state index in [-0.39, 0.29) is 11.9 Å². The number of aliphatic hydroxyl groups is 1. The molecule has 2 N–H and O–H groups in total. The van der Waals surface area contributed by atoms with Crippen LogP contribution in [0, 0.1) is 0 Å². The second-order valence-corrected chi connectivity index (χ2v) is 7.56. The number of carbonyl (C=O) groups is 1. The van der Waals surface area contributed by atoms with Crippen molar-refractivity contribution in [2.24, 2.45) is 0 Å². The van der Waals surface area contributed by atoms with Gasteiger partial charge in [-0.25, -0.2) is 0 Å². The van der Waals surface area contributed by atoms with Crippen LogP contribution in [-0.4, -0.2) is 41.6 Å². The molecule has 0 bridgehead atoms. The first-order valence-corrected chi connectivity index (χ1v) is 10.5. The Hall–Kier alpha value is -1.39. The summed E-state index contributed by atoms with van der Waals surface area (Å²) in [5.41, 5.74) is 0.872. The maximum absolute atomic E-state index is 12.4. The van der Waals surface area contributed by atoms with E-state index < -0.39 is 6.10 Å². The summed E-state index contributed by atoms with van der Waals surface area (Å²) in [5, 5.41) is 13.9. The van der Waals surface area contributed by atoms with Crippen LogP contribution in [0.1, 0.15) is 76.4 Å². The first-order valence-electron chi connectivity index (χ1n) is 10.5. The molecule has 1 aliphatic rings. The van der Waals surface area contributed by atoms with Gasteiger partial charge in [-0.05, 0) is 37.9 Å². The number of amides is 1. The quantitative estimate of drug-likeness (QED) is 0.553. The van der Waals surface area contributed by atoms with Crippen molar-refractivity contribution in [3.05, 3.63) is 35.9 Å². The average molecular weight is 361 g/mol. The summed E-state index contributed by atoms with van der Waals surface area (Å²) in [6, 6.07) is 9.43. The number of nitrogens with zero attached hydrogens (tertiary/aromatic N) is 1. The number of hydrogen-bond donors (Lipinski definition) is 2. The van der Waals surface area contributed by atoms with E-state index in [1.807, 2.05) is 30.3 Å². The Balaban J connectivity index is 1.83. The highest BCUT2D eigenvalue weighted by Crippen LogP contribution is 2.19. The van der Waals surface area contributed by atoms with Crippen LogP contribution >= 0.6 is 0 Å². The summed E-state index contributed by atoms with van der Waals surface area (Å²) in [5.74, 6) is 0.0691. The van der Waals surface area contributed by atoms with E-state index >= 15 is 0 Å². The lowest BCUT2D eigenvalue weighted by Crippen LogP contribution is -2.46. The van der Waals surface area contributed by atoms with Gasteiger partial charge in [-0.2, -0.15) is 0 Å². The van der Waals surface area contributed by atoms with Crippen LogP contribution in [0.3, 0.4) is 0 Å². The fourth-order valence-electron chi connectivity index (χ4n) is 3.70. The maximum Gasteiger partial charge on any atom is 0.220 e. The minimum absolute atomic E-state index is 0.0691. The Labute approximate surface area is 159 Å². The van der Waals surface area contributed by atoms with E-state index in [4.69, 9.17) is 0 Å². The molecule has 4 nitrogen and oxygen atoms in total. The Morgan fingerprint density at radius 3 is 2.42 bits per heavy atom. The third kappa shape index (κ3) is 7.46. The molecule has 1 aromatic rings. The summed E-state index contributed by atoms with van der Waals surface area (Å²) in [6.45, 7) is 5.06. The monoisotopic (exact) mass is 360 g/mol. The van der Waals surface area contributed by atoms with E-state index in [1.165, 1.54) is 38.5 Å². The summed E-state index contributed by atoms with van der Waals surface area (Å²) in [6.07, 6.45) is 9.38. The first-order chi connectivity index (χ1) is 12.7. The van der Waals surface area contributed by atoms with Crippen LogP contribution in [0.4, 0.5) is 0 Å². The number of unbranched alkanes of at least 4 members (excludes halogenated alkanes) is 5. The highest BCUT2D eigenvalue weighted by molar-refractivity contribution is 5.76. The molecule has 146 valence electrons. The predicted octanol–water partition coefficient (Wildman–Crippen LogP) is 4.05. The number of nitrogens with one attached hydrogen (secondary N) is 1. The normalized spacial score (nSPS) is 17.2. The van der Waals surface area contributed by atoms with Crippen LogP contribution in [0.2, 0.25) is 0 Å². The van der Waals surface area contributed by atoms with Crippen molar-refractivity contribution in [2.45, 2.75) is 76.9 Å². The van der Waals surface area contributed by atoms with Gasteiger partial charge >= 0.3 is 0 Å². The lowest BCUT2D eigenvalue weighted by atomic mass is 10.0. The molecule has 1 amide bonds. The number of aliphatic hydroxyl groups excluding tert-OH is 1. The van der Waals surface area contributed by atoms with Gasteiger partial charge in [0.25, 0.3) is 0 Å². The van der Waals surface area contributed by atoms with Gasteiger partial charge in [0.15, 0.2) is 0 Å². The number of rotatable bonds is 12.